The van der Waals surface area contributed by atoms with Crippen LogP contribution in [0.1, 0.15) is 11.7 Å². The van der Waals surface area contributed by atoms with E-state index in [4.69, 9.17) is 0 Å². The van der Waals surface area contributed by atoms with E-state index in [2.05, 4.69) is 26.3 Å². The van der Waals surface area contributed by atoms with E-state index in [1.165, 1.54) is 17.9 Å². The van der Waals surface area contributed by atoms with Gasteiger partial charge in [-0.2, -0.15) is 18.3 Å². The Morgan fingerprint density at radius 3 is 2.56 bits per heavy atom. The number of likely N-dealkylation sites (N-methyl/N-ethyl adjacent to an activating group) is 1. The largest absolute Gasteiger partial charge is 0.409 e. The average Bonchev–Trinajstić information content (AvgIpc) is 2.57. The molecule has 1 rings (SSSR count). The molecule has 1 aromatic rings. The first kappa shape index (κ1) is 15.5. The van der Waals surface area contributed by atoms with Crippen molar-refractivity contribution in [3.63, 3.8) is 0 Å². The van der Waals surface area contributed by atoms with Crippen LogP contribution >= 0.6 is 15.9 Å². The van der Waals surface area contributed by atoms with Gasteiger partial charge >= 0.3 is 6.18 Å². The third-order valence-electron chi connectivity index (χ3n) is 2.48. The van der Waals surface area contributed by atoms with E-state index in [1.54, 1.807) is 0 Å². The molecule has 0 saturated carbocycles. The lowest BCUT2D eigenvalue weighted by Gasteiger charge is -2.22. The molecule has 0 aliphatic heterocycles. The number of aromatic nitrogens is 2. The Morgan fingerprint density at radius 2 is 2.11 bits per heavy atom. The molecule has 1 N–H and O–H groups in total. The van der Waals surface area contributed by atoms with Crippen LogP contribution in [0.15, 0.2) is 10.7 Å². The fourth-order valence-corrected chi connectivity index (χ4v) is 2.11. The van der Waals surface area contributed by atoms with Gasteiger partial charge < -0.3 is 10.2 Å². The molecule has 8 heteroatoms. The van der Waals surface area contributed by atoms with E-state index in [-0.39, 0.29) is 5.69 Å². The smallest absolute Gasteiger partial charge is 0.308 e. The molecule has 104 valence electrons. The van der Waals surface area contributed by atoms with Crippen molar-refractivity contribution in [2.45, 2.75) is 18.8 Å². The maximum atomic E-state index is 12.9. The summed E-state index contributed by atoms with van der Waals surface area (Å²) in [5, 5.41) is 6.26. The fourth-order valence-electron chi connectivity index (χ4n) is 1.59. The van der Waals surface area contributed by atoms with Crippen molar-refractivity contribution in [1.29, 1.82) is 0 Å². The molecule has 0 spiro atoms. The summed E-state index contributed by atoms with van der Waals surface area (Å²) in [4.78, 5) is 1.89. The minimum atomic E-state index is -4.35. The van der Waals surface area contributed by atoms with Crippen LogP contribution in [-0.4, -0.2) is 48.5 Å². The van der Waals surface area contributed by atoms with Gasteiger partial charge in [0, 0.05) is 6.54 Å². The number of halogens is 4. The molecule has 0 fully saturated rings. The third-order valence-corrected chi connectivity index (χ3v) is 3.09. The highest BCUT2D eigenvalue weighted by atomic mass is 79.9. The molecule has 0 aromatic carbocycles. The minimum Gasteiger partial charge on any atom is -0.308 e. The SMILES string of the molecule is CNC(c1c(Br)cnn1CCN(C)C)C(F)(F)F. The van der Waals surface area contributed by atoms with Crippen LogP contribution in [0.5, 0.6) is 0 Å². The zero-order valence-corrected chi connectivity index (χ0v) is 12.0. The van der Waals surface area contributed by atoms with Crippen molar-refractivity contribution in [3.05, 3.63) is 16.4 Å². The molecule has 18 heavy (non-hydrogen) atoms. The quantitative estimate of drug-likeness (QED) is 0.897. The van der Waals surface area contributed by atoms with Gasteiger partial charge in [0.25, 0.3) is 0 Å². The van der Waals surface area contributed by atoms with Crippen LogP contribution < -0.4 is 5.32 Å². The van der Waals surface area contributed by atoms with Crippen LogP contribution in [0.25, 0.3) is 0 Å². The summed E-state index contributed by atoms with van der Waals surface area (Å²) in [5.74, 6) is 0. The van der Waals surface area contributed by atoms with Crippen LogP contribution in [-0.2, 0) is 6.54 Å². The van der Waals surface area contributed by atoms with Crippen LogP contribution in [0.3, 0.4) is 0 Å². The maximum Gasteiger partial charge on any atom is 0.409 e. The second kappa shape index (κ2) is 6.03. The van der Waals surface area contributed by atoms with E-state index in [9.17, 15) is 13.2 Å². The molecule has 1 atom stereocenters. The number of hydrogen-bond donors (Lipinski definition) is 1. The molecule has 0 aliphatic rings. The standard InChI is InChI=1S/C10H16BrF3N4/c1-15-9(10(12,13)14)8-7(11)6-16-18(8)5-4-17(2)3/h6,9,15H,4-5H2,1-3H3. The second-order valence-corrected chi connectivity index (χ2v) is 5.02. The van der Waals surface area contributed by atoms with Crippen LogP contribution in [0, 0.1) is 0 Å². The summed E-state index contributed by atoms with van der Waals surface area (Å²) in [6, 6.07) is -1.73. The van der Waals surface area contributed by atoms with Crippen LogP contribution in [0.2, 0.25) is 0 Å². The maximum absolute atomic E-state index is 12.9. The zero-order valence-electron chi connectivity index (χ0n) is 10.4. The molecule has 1 heterocycles. The molecule has 1 aromatic heterocycles. The molecule has 0 amide bonds. The topological polar surface area (TPSA) is 33.1 Å². The Kier molecular flexibility index (Phi) is 5.18. The van der Waals surface area contributed by atoms with Crippen molar-refractivity contribution in [3.8, 4) is 0 Å². The van der Waals surface area contributed by atoms with E-state index >= 15 is 0 Å². The number of nitrogens with one attached hydrogen (secondary N) is 1. The first-order chi connectivity index (χ1) is 8.27. The van der Waals surface area contributed by atoms with Gasteiger partial charge in [-0.15, -0.1) is 0 Å². The lowest BCUT2D eigenvalue weighted by molar-refractivity contribution is -0.158. The highest BCUT2D eigenvalue weighted by molar-refractivity contribution is 9.10. The van der Waals surface area contributed by atoms with Gasteiger partial charge in [-0.05, 0) is 37.1 Å². The van der Waals surface area contributed by atoms with Gasteiger partial charge in [-0.25, -0.2) is 0 Å². The Labute approximate surface area is 112 Å². The lowest BCUT2D eigenvalue weighted by Crippen LogP contribution is -2.34. The molecular formula is C10H16BrF3N4. The highest BCUT2D eigenvalue weighted by Crippen LogP contribution is 2.35. The normalized spacial score (nSPS) is 14.2. The van der Waals surface area contributed by atoms with Crippen molar-refractivity contribution in [2.75, 3.05) is 27.7 Å². The van der Waals surface area contributed by atoms with Gasteiger partial charge in [-0.1, -0.05) is 0 Å². The van der Waals surface area contributed by atoms with Gasteiger partial charge in [-0.3, -0.25) is 4.68 Å². The van der Waals surface area contributed by atoms with E-state index in [1.807, 2.05) is 19.0 Å². The fraction of sp³-hybridized carbons (Fsp3) is 0.700. The summed E-state index contributed by atoms with van der Waals surface area (Å²) in [6.45, 7) is 1.03. The zero-order chi connectivity index (χ0) is 13.9. The lowest BCUT2D eigenvalue weighted by atomic mass is 10.2. The first-order valence-electron chi connectivity index (χ1n) is 5.37. The van der Waals surface area contributed by atoms with E-state index < -0.39 is 12.2 Å². The predicted molar refractivity (Wildman–Crippen MR) is 66.3 cm³/mol. The Hall–Kier alpha value is -0.600. The molecule has 0 aliphatic carbocycles. The van der Waals surface area contributed by atoms with Crippen molar-refractivity contribution in [2.24, 2.45) is 0 Å². The summed E-state index contributed by atoms with van der Waals surface area (Å²) in [7, 11) is 5.00. The van der Waals surface area contributed by atoms with Gasteiger partial charge in [0.15, 0.2) is 0 Å². The first-order valence-corrected chi connectivity index (χ1v) is 6.16. The molecule has 0 radical (unpaired) electrons. The summed E-state index contributed by atoms with van der Waals surface area (Å²) < 4.78 is 40.5. The van der Waals surface area contributed by atoms with E-state index in [0.29, 0.717) is 17.6 Å². The molecule has 0 bridgehead atoms. The highest BCUT2D eigenvalue weighted by Gasteiger charge is 2.42. The van der Waals surface area contributed by atoms with E-state index in [0.717, 1.165) is 0 Å². The number of hydrogen-bond acceptors (Lipinski definition) is 3. The molecule has 0 saturated heterocycles. The summed E-state index contributed by atoms with van der Waals surface area (Å²) in [6.07, 6.45) is -2.96. The molecular weight excluding hydrogens is 313 g/mol. The van der Waals surface area contributed by atoms with Gasteiger partial charge in [0.05, 0.1) is 22.9 Å². The minimum absolute atomic E-state index is 0.104. The molecule has 1 unspecified atom stereocenters. The van der Waals surface area contributed by atoms with Crippen molar-refractivity contribution >= 4 is 15.9 Å². The average molecular weight is 329 g/mol. The Bertz CT molecular complexity index is 389. The third kappa shape index (κ3) is 3.69. The Balaban J connectivity index is 3.02. The van der Waals surface area contributed by atoms with Gasteiger partial charge in [0.2, 0.25) is 0 Å². The van der Waals surface area contributed by atoms with Crippen LogP contribution in [0.4, 0.5) is 13.2 Å². The molecule has 4 nitrogen and oxygen atoms in total. The number of alkyl halides is 3. The van der Waals surface area contributed by atoms with Crippen molar-refractivity contribution < 1.29 is 13.2 Å². The predicted octanol–water partition coefficient (Wildman–Crippen LogP) is 2.03. The number of rotatable bonds is 5. The van der Waals surface area contributed by atoms with Crippen molar-refractivity contribution in [1.82, 2.24) is 20.0 Å². The number of nitrogens with zero attached hydrogens (tertiary/aromatic N) is 3. The second-order valence-electron chi connectivity index (χ2n) is 4.17. The van der Waals surface area contributed by atoms with Gasteiger partial charge in [0.1, 0.15) is 6.04 Å². The summed E-state index contributed by atoms with van der Waals surface area (Å²) in [5.41, 5.74) is 0.104. The summed E-state index contributed by atoms with van der Waals surface area (Å²) >= 11 is 3.12. The Morgan fingerprint density at radius 1 is 1.50 bits per heavy atom. The monoisotopic (exact) mass is 328 g/mol.